The Morgan fingerprint density at radius 2 is 1.93 bits per heavy atom. The van der Waals surface area contributed by atoms with Crippen LogP contribution < -0.4 is 11.1 Å². The number of aromatic nitrogens is 3. The predicted octanol–water partition coefficient (Wildman–Crippen LogP) is 2.79. The number of nitrogens with zero attached hydrogens (tertiary/aromatic N) is 3. The van der Waals surface area contributed by atoms with Gasteiger partial charge in [-0.3, -0.25) is 9.20 Å². The minimum atomic E-state index is -1.01. The summed E-state index contributed by atoms with van der Waals surface area (Å²) in [6, 6.07) is 13.3. The lowest BCUT2D eigenvalue weighted by atomic mass is 10.1. The number of amides is 1. The van der Waals surface area contributed by atoms with Gasteiger partial charge in [-0.05, 0) is 38.0 Å². The molecule has 1 atom stereocenters. The molecule has 3 N–H and O–H groups in total. The van der Waals surface area contributed by atoms with Crippen LogP contribution in [0.3, 0.4) is 0 Å². The molecule has 150 valence electrons. The van der Waals surface area contributed by atoms with E-state index >= 15 is 0 Å². The number of hydrogen-bond acceptors (Lipinski definition) is 5. The van der Waals surface area contributed by atoms with Gasteiger partial charge in [0.15, 0.2) is 11.5 Å². The van der Waals surface area contributed by atoms with E-state index in [4.69, 9.17) is 10.5 Å². The summed E-state index contributed by atoms with van der Waals surface area (Å²) in [4.78, 5) is 12.5. The minimum absolute atomic E-state index is 0. The summed E-state index contributed by atoms with van der Waals surface area (Å²) in [6.45, 7) is 6.01. The van der Waals surface area contributed by atoms with E-state index in [0.29, 0.717) is 18.1 Å². The summed E-state index contributed by atoms with van der Waals surface area (Å²) in [5.41, 5.74) is 7.78. The maximum atomic E-state index is 12.5. The van der Waals surface area contributed by atoms with Crippen molar-refractivity contribution in [3.05, 3.63) is 65.6 Å². The second-order valence-electron chi connectivity index (χ2n) is 7.24. The second kappa shape index (κ2) is 8.95. The van der Waals surface area contributed by atoms with Crippen LogP contribution in [0.1, 0.15) is 44.3 Å². The molecule has 2 heterocycles. The van der Waals surface area contributed by atoms with Gasteiger partial charge < -0.3 is 15.8 Å². The molecule has 0 saturated heterocycles. The molecule has 7 nitrogen and oxygen atoms in total. The Morgan fingerprint density at radius 3 is 2.61 bits per heavy atom. The molecular weight excluding hydrogens is 354 g/mol. The molecule has 0 spiro atoms. The van der Waals surface area contributed by atoms with Gasteiger partial charge in [-0.15, -0.1) is 10.2 Å². The summed E-state index contributed by atoms with van der Waals surface area (Å²) in [6.07, 6.45) is 1.94. The fourth-order valence-corrected chi connectivity index (χ4v) is 2.65. The van der Waals surface area contributed by atoms with Crippen molar-refractivity contribution in [3.8, 4) is 0 Å². The molecule has 28 heavy (non-hydrogen) atoms. The van der Waals surface area contributed by atoms with Crippen LogP contribution in [0.2, 0.25) is 0 Å². The van der Waals surface area contributed by atoms with Crippen LogP contribution in [-0.4, -0.2) is 32.7 Å². The Labute approximate surface area is 165 Å². The van der Waals surface area contributed by atoms with Gasteiger partial charge in [0.05, 0.1) is 18.8 Å². The van der Waals surface area contributed by atoms with Gasteiger partial charge in [0.1, 0.15) is 6.04 Å². The Kier molecular flexibility index (Phi) is 6.88. The van der Waals surface area contributed by atoms with Crippen molar-refractivity contribution in [2.75, 3.05) is 6.61 Å². The van der Waals surface area contributed by atoms with Gasteiger partial charge in [0, 0.05) is 6.20 Å². The van der Waals surface area contributed by atoms with Crippen LogP contribution in [0.4, 0.5) is 0 Å². The number of benzene rings is 1. The van der Waals surface area contributed by atoms with E-state index < -0.39 is 11.6 Å². The third-order valence-corrected chi connectivity index (χ3v) is 4.17. The van der Waals surface area contributed by atoms with Crippen molar-refractivity contribution in [1.82, 2.24) is 19.9 Å². The Morgan fingerprint density at radius 1 is 1.21 bits per heavy atom. The fourth-order valence-electron chi connectivity index (χ4n) is 2.65. The quantitative estimate of drug-likeness (QED) is 0.654. The van der Waals surface area contributed by atoms with Crippen molar-refractivity contribution < 1.29 is 9.53 Å². The van der Waals surface area contributed by atoms with Gasteiger partial charge in [-0.25, -0.2) is 0 Å². The molecular formula is C21H29N5O2. The van der Waals surface area contributed by atoms with Crippen LogP contribution in [0, 0.1) is 6.92 Å². The highest BCUT2D eigenvalue weighted by Gasteiger charge is 2.28. The number of nitrogens with two attached hydrogens (primary N) is 1. The largest absolute Gasteiger partial charge is 0.374 e. The van der Waals surface area contributed by atoms with E-state index in [0.717, 1.165) is 11.1 Å². The van der Waals surface area contributed by atoms with E-state index in [1.807, 2.05) is 60.0 Å². The van der Waals surface area contributed by atoms with Crippen molar-refractivity contribution in [2.24, 2.45) is 5.73 Å². The predicted molar refractivity (Wildman–Crippen MR) is 110 cm³/mol. The highest BCUT2D eigenvalue weighted by Crippen LogP contribution is 2.16. The molecule has 0 saturated carbocycles. The molecule has 0 aliphatic rings. The van der Waals surface area contributed by atoms with E-state index in [9.17, 15) is 4.79 Å². The van der Waals surface area contributed by atoms with E-state index in [2.05, 4.69) is 15.5 Å². The summed E-state index contributed by atoms with van der Waals surface area (Å²) in [5.74, 6) is 0.333. The Hall–Kier alpha value is -2.77. The number of carbonyl (C=O) groups is 1. The first-order chi connectivity index (χ1) is 12.8. The molecule has 0 aliphatic carbocycles. The second-order valence-corrected chi connectivity index (χ2v) is 7.24. The SMILES string of the molecule is C.Cc1ccc2nnc([C@@H](COCc3ccccc3)NC(=O)C(C)(C)N)n2c1. The summed E-state index contributed by atoms with van der Waals surface area (Å²) in [7, 11) is 0. The topological polar surface area (TPSA) is 94.5 Å². The molecule has 0 unspecified atom stereocenters. The normalized spacial score (nSPS) is 12.4. The number of rotatable bonds is 7. The Balaban J connectivity index is 0.00000280. The molecule has 7 heteroatoms. The maximum Gasteiger partial charge on any atom is 0.240 e. The van der Waals surface area contributed by atoms with Gasteiger partial charge in [0.2, 0.25) is 5.91 Å². The fraction of sp³-hybridized carbons (Fsp3) is 0.381. The van der Waals surface area contributed by atoms with Crippen LogP contribution in [0.15, 0.2) is 48.7 Å². The zero-order valence-electron chi connectivity index (χ0n) is 15.8. The monoisotopic (exact) mass is 383 g/mol. The van der Waals surface area contributed by atoms with Crippen LogP contribution in [0.5, 0.6) is 0 Å². The smallest absolute Gasteiger partial charge is 0.240 e. The van der Waals surface area contributed by atoms with Crippen molar-refractivity contribution in [3.63, 3.8) is 0 Å². The number of ether oxygens (including phenoxy) is 1. The van der Waals surface area contributed by atoms with E-state index in [-0.39, 0.29) is 19.9 Å². The summed E-state index contributed by atoms with van der Waals surface area (Å²) >= 11 is 0. The molecule has 0 radical (unpaired) electrons. The van der Waals surface area contributed by atoms with Crippen LogP contribution in [0.25, 0.3) is 5.65 Å². The summed E-state index contributed by atoms with van der Waals surface area (Å²) < 4.78 is 7.73. The van der Waals surface area contributed by atoms with Gasteiger partial charge >= 0.3 is 0 Å². The lowest BCUT2D eigenvalue weighted by molar-refractivity contribution is -0.126. The average molecular weight is 383 g/mol. The number of nitrogens with one attached hydrogen (secondary N) is 1. The standard InChI is InChI=1S/C20H25N5O2.CH4/c1-14-9-10-17-23-24-18(25(17)11-14)16(22-19(26)20(2,3)21)13-27-12-15-7-5-4-6-8-15;/h4-11,16H,12-13,21H2,1-3H3,(H,22,26);1H4/t16-;/m1./s1. The highest BCUT2D eigenvalue weighted by molar-refractivity contribution is 5.85. The van der Waals surface area contributed by atoms with Gasteiger partial charge in [0.25, 0.3) is 0 Å². The molecule has 1 aromatic carbocycles. The average Bonchev–Trinajstić information content (AvgIpc) is 3.03. The first-order valence-electron chi connectivity index (χ1n) is 8.87. The van der Waals surface area contributed by atoms with Gasteiger partial charge in [-0.1, -0.05) is 43.8 Å². The molecule has 0 bridgehead atoms. The third-order valence-electron chi connectivity index (χ3n) is 4.17. The van der Waals surface area contributed by atoms with Gasteiger partial charge in [-0.2, -0.15) is 0 Å². The zero-order valence-corrected chi connectivity index (χ0v) is 15.8. The Bertz CT molecular complexity index is 915. The highest BCUT2D eigenvalue weighted by atomic mass is 16.5. The number of carbonyl (C=O) groups excluding carboxylic acids is 1. The van der Waals surface area contributed by atoms with Crippen molar-refractivity contribution >= 4 is 11.6 Å². The third kappa shape index (κ3) is 5.15. The van der Waals surface area contributed by atoms with Crippen molar-refractivity contribution in [1.29, 1.82) is 0 Å². The van der Waals surface area contributed by atoms with Crippen LogP contribution >= 0.6 is 0 Å². The maximum absolute atomic E-state index is 12.5. The molecule has 2 aromatic heterocycles. The number of aryl methyl sites for hydroxylation is 1. The molecule has 0 fully saturated rings. The molecule has 3 rings (SSSR count). The molecule has 0 aliphatic heterocycles. The number of hydrogen-bond donors (Lipinski definition) is 2. The van der Waals surface area contributed by atoms with Crippen LogP contribution in [-0.2, 0) is 16.1 Å². The number of fused-ring (bicyclic) bond motifs is 1. The van der Waals surface area contributed by atoms with E-state index in [1.165, 1.54) is 0 Å². The minimum Gasteiger partial charge on any atom is -0.374 e. The first-order valence-corrected chi connectivity index (χ1v) is 8.87. The molecule has 3 aromatic rings. The zero-order chi connectivity index (χ0) is 19.4. The lowest BCUT2D eigenvalue weighted by Crippen LogP contribution is -2.50. The lowest BCUT2D eigenvalue weighted by Gasteiger charge is -2.23. The first kappa shape index (κ1) is 21.5. The molecule has 1 amide bonds. The number of pyridine rings is 1. The van der Waals surface area contributed by atoms with Crippen molar-refractivity contribution in [2.45, 2.75) is 46.4 Å². The van der Waals surface area contributed by atoms with E-state index in [1.54, 1.807) is 13.8 Å². The summed E-state index contributed by atoms with van der Waals surface area (Å²) in [5, 5.41) is 11.4.